The lowest BCUT2D eigenvalue weighted by molar-refractivity contribution is -0.125. The third kappa shape index (κ3) is 4.79. The molecule has 8 nitrogen and oxygen atoms in total. The fourth-order valence-electron chi connectivity index (χ4n) is 3.82. The zero-order chi connectivity index (χ0) is 21.8. The molecular weight excluding hydrogens is 419 g/mol. The number of rotatable bonds is 6. The maximum absolute atomic E-state index is 13.8. The summed E-state index contributed by atoms with van der Waals surface area (Å²) in [6.45, 7) is 3.76. The van der Waals surface area contributed by atoms with Gasteiger partial charge >= 0.3 is 0 Å². The van der Waals surface area contributed by atoms with Crippen molar-refractivity contribution in [3.63, 3.8) is 0 Å². The van der Waals surface area contributed by atoms with E-state index in [9.17, 15) is 14.0 Å². The molecule has 2 amide bonds. The summed E-state index contributed by atoms with van der Waals surface area (Å²) in [7, 11) is 0. The number of carbonyl (C=O) groups is 2. The lowest BCUT2D eigenvalue weighted by atomic mass is 9.96. The van der Waals surface area contributed by atoms with E-state index in [2.05, 4.69) is 30.1 Å². The Morgan fingerprint density at radius 3 is 2.90 bits per heavy atom. The van der Waals surface area contributed by atoms with Crippen molar-refractivity contribution < 1.29 is 14.0 Å². The molecule has 0 radical (unpaired) electrons. The third-order valence-electron chi connectivity index (χ3n) is 5.38. The van der Waals surface area contributed by atoms with Gasteiger partial charge < -0.3 is 15.5 Å². The molecule has 3 aromatic rings. The van der Waals surface area contributed by atoms with Crippen LogP contribution >= 0.6 is 11.5 Å². The van der Waals surface area contributed by atoms with Crippen LogP contribution in [0.3, 0.4) is 0 Å². The zero-order valence-electron chi connectivity index (χ0n) is 17.1. The van der Waals surface area contributed by atoms with Crippen molar-refractivity contribution in [2.24, 2.45) is 5.92 Å². The Hall–Kier alpha value is -3.14. The van der Waals surface area contributed by atoms with E-state index in [-0.39, 0.29) is 23.5 Å². The molecule has 2 aromatic heterocycles. The second-order valence-corrected chi connectivity index (χ2v) is 8.27. The number of hydrogen-bond donors (Lipinski definition) is 2. The molecule has 162 valence electrons. The average Bonchev–Trinajstić information content (AvgIpc) is 3.22. The molecule has 0 saturated carbocycles. The SMILES string of the molecule is Cc1nnsc1C(=O)NCCNC(=O)C1CCCN(c2ccnc3ccc(F)cc23)C1. The minimum Gasteiger partial charge on any atom is -0.370 e. The first-order valence-electron chi connectivity index (χ1n) is 10.2. The van der Waals surface area contributed by atoms with Crippen LogP contribution in [0.1, 0.15) is 28.2 Å². The van der Waals surface area contributed by atoms with Crippen molar-refractivity contribution in [1.82, 2.24) is 25.2 Å². The van der Waals surface area contributed by atoms with Gasteiger partial charge in [-0.1, -0.05) is 4.49 Å². The number of nitrogens with one attached hydrogen (secondary N) is 2. The molecule has 0 aliphatic carbocycles. The molecule has 0 spiro atoms. The molecule has 1 aliphatic heterocycles. The van der Waals surface area contributed by atoms with Gasteiger partial charge in [0.25, 0.3) is 5.91 Å². The quantitative estimate of drug-likeness (QED) is 0.568. The first-order chi connectivity index (χ1) is 15.0. The Labute approximate surface area is 183 Å². The highest BCUT2D eigenvalue weighted by atomic mass is 32.1. The van der Waals surface area contributed by atoms with Crippen molar-refractivity contribution in [2.75, 3.05) is 31.1 Å². The monoisotopic (exact) mass is 442 g/mol. The molecule has 1 aromatic carbocycles. The number of carbonyl (C=O) groups excluding carboxylic acids is 2. The van der Waals surface area contributed by atoms with E-state index >= 15 is 0 Å². The molecule has 31 heavy (non-hydrogen) atoms. The van der Waals surface area contributed by atoms with Crippen molar-refractivity contribution in [3.05, 3.63) is 46.9 Å². The van der Waals surface area contributed by atoms with Gasteiger partial charge in [-0.25, -0.2) is 4.39 Å². The lowest BCUT2D eigenvalue weighted by Crippen LogP contribution is -2.44. The predicted molar refractivity (Wildman–Crippen MR) is 117 cm³/mol. The Morgan fingerprint density at radius 2 is 2.10 bits per heavy atom. The number of aromatic nitrogens is 3. The summed E-state index contributed by atoms with van der Waals surface area (Å²) in [5.74, 6) is -0.755. The molecule has 2 N–H and O–H groups in total. The second kappa shape index (κ2) is 9.34. The third-order valence-corrected chi connectivity index (χ3v) is 6.21. The summed E-state index contributed by atoms with van der Waals surface area (Å²) in [4.78, 5) is 31.7. The molecule has 3 heterocycles. The van der Waals surface area contributed by atoms with E-state index < -0.39 is 0 Å². The Bertz CT molecular complexity index is 1100. The molecular formula is C21H23FN6O2S. The number of amides is 2. The summed E-state index contributed by atoms with van der Waals surface area (Å²) in [6.07, 6.45) is 3.37. The molecule has 4 rings (SSSR count). The fraction of sp³-hybridized carbons (Fsp3) is 0.381. The van der Waals surface area contributed by atoms with Crippen LogP contribution in [0.15, 0.2) is 30.5 Å². The van der Waals surface area contributed by atoms with Crippen molar-refractivity contribution >= 4 is 39.9 Å². The van der Waals surface area contributed by atoms with Gasteiger partial charge in [-0.2, -0.15) is 0 Å². The summed E-state index contributed by atoms with van der Waals surface area (Å²) >= 11 is 1.05. The van der Waals surface area contributed by atoms with Gasteiger partial charge in [-0.15, -0.1) is 5.10 Å². The van der Waals surface area contributed by atoms with Gasteiger partial charge in [0, 0.05) is 43.4 Å². The number of pyridine rings is 1. The molecule has 1 aliphatic rings. The first kappa shape index (κ1) is 21.1. The van der Waals surface area contributed by atoms with Crippen LogP contribution in [-0.4, -0.2) is 52.6 Å². The summed E-state index contributed by atoms with van der Waals surface area (Å²) in [6, 6.07) is 6.43. The predicted octanol–water partition coefficient (Wildman–Crippen LogP) is 2.30. The van der Waals surface area contributed by atoms with E-state index in [4.69, 9.17) is 0 Å². The van der Waals surface area contributed by atoms with Gasteiger partial charge in [-0.3, -0.25) is 14.6 Å². The molecule has 10 heteroatoms. The molecule has 1 fully saturated rings. The number of piperidine rings is 1. The Kier molecular flexibility index (Phi) is 6.36. The van der Waals surface area contributed by atoms with E-state index in [1.165, 1.54) is 12.1 Å². The van der Waals surface area contributed by atoms with Crippen LogP contribution in [-0.2, 0) is 4.79 Å². The van der Waals surface area contributed by atoms with Crippen LogP contribution < -0.4 is 15.5 Å². The minimum atomic E-state index is -0.306. The number of aryl methyl sites for hydroxylation is 1. The smallest absolute Gasteiger partial charge is 0.265 e. The number of halogens is 1. The van der Waals surface area contributed by atoms with E-state index in [0.717, 1.165) is 47.5 Å². The van der Waals surface area contributed by atoms with Gasteiger partial charge in [-0.05, 0) is 55.6 Å². The van der Waals surface area contributed by atoms with Crippen LogP contribution in [0.5, 0.6) is 0 Å². The second-order valence-electron chi connectivity index (χ2n) is 7.51. The van der Waals surface area contributed by atoms with E-state index in [0.29, 0.717) is 30.2 Å². The highest BCUT2D eigenvalue weighted by Crippen LogP contribution is 2.30. The molecule has 1 unspecified atom stereocenters. The Morgan fingerprint density at radius 1 is 1.26 bits per heavy atom. The average molecular weight is 443 g/mol. The topological polar surface area (TPSA) is 100 Å². The maximum Gasteiger partial charge on any atom is 0.265 e. The number of anilines is 1. The van der Waals surface area contributed by atoms with E-state index in [1.807, 2.05) is 6.07 Å². The zero-order valence-corrected chi connectivity index (χ0v) is 17.9. The standard InChI is InChI=1S/C21H23FN6O2S/c1-13-19(31-27-26-13)21(30)25-9-8-24-20(29)14-3-2-10-28(12-14)18-6-7-23-17-5-4-15(22)11-16(17)18/h4-7,11,14H,2-3,8-10,12H2,1H3,(H,24,29)(H,25,30). The lowest BCUT2D eigenvalue weighted by Gasteiger charge is -2.34. The van der Waals surface area contributed by atoms with Gasteiger partial charge in [0.1, 0.15) is 10.7 Å². The van der Waals surface area contributed by atoms with Crippen LogP contribution in [0.4, 0.5) is 10.1 Å². The number of nitrogens with zero attached hydrogens (tertiary/aromatic N) is 4. The summed E-state index contributed by atoms with van der Waals surface area (Å²) < 4.78 is 17.5. The first-order valence-corrected chi connectivity index (χ1v) is 10.9. The highest BCUT2D eigenvalue weighted by Gasteiger charge is 2.26. The van der Waals surface area contributed by atoms with Gasteiger partial charge in [0.2, 0.25) is 5.91 Å². The number of fused-ring (bicyclic) bond motifs is 1. The van der Waals surface area contributed by atoms with E-state index in [1.54, 1.807) is 19.2 Å². The summed E-state index contributed by atoms with van der Waals surface area (Å²) in [5, 5.41) is 10.2. The van der Waals surface area contributed by atoms with Crippen LogP contribution in [0.2, 0.25) is 0 Å². The fourth-order valence-corrected chi connectivity index (χ4v) is 4.39. The summed E-state index contributed by atoms with van der Waals surface area (Å²) in [5.41, 5.74) is 2.22. The molecule has 1 atom stereocenters. The van der Waals surface area contributed by atoms with Crippen molar-refractivity contribution in [1.29, 1.82) is 0 Å². The normalized spacial score (nSPS) is 16.3. The largest absolute Gasteiger partial charge is 0.370 e. The van der Waals surface area contributed by atoms with Crippen molar-refractivity contribution in [2.45, 2.75) is 19.8 Å². The minimum absolute atomic E-state index is 0.0425. The van der Waals surface area contributed by atoms with Crippen LogP contribution in [0.25, 0.3) is 10.9 Å². The van der Waals surface area contributed by atoms with Gasteiger partial charge in [0.15, 0.2) is 0 Å². The number of hydrogen-bond acceptors (Lipinski definition) is 7. The maximum atomic E-state index is 13.8. The van der Waals surface area contributed by atoms with Crippen LogP contribution in [0, 0.1) is 18.7 Å². The van der Waals surface area contributed by atoms with Crippen molar-refractivity contribution in [3.8, 4) is 0 Å². The highest BCUT2D eigenvalue weighted by molar-refractivity contribution is 7.08. The number of benzene rings is 1. The Balaban J connectivity index is 1.32. The molecule has 0 bridgehead atoms. The van der Waals surface area contributed by atoms with Gasteiger partial charge in [0.05, 0.1) is 17.1 Å². The molecule has 1 saturated heterocycles.